The summed E-state index contributed by atoms with van der Waals surface area (Å²) in [7, 11) is 0. The zero-order valence-corrected chi connectivity index (χ0v) is 13.0. The molecule has 0 aliphatic carbocycles. The molecule has 0 radical (unpaired) electrons. The molecule has 0 spiro atoms. The topological polar surface area (TPSA) is 80.9 Å². The smallest absolute Gasteiger partial charge is 0.263 e. The zero-order chi connectivity index (χ0) is 14.8. The minimum absolute atomic E-state index is 0.0432. The van der Waals surface area contributed by atoms with Crippen molar-refractivity contribution >= 4 is 44.6 Å². The number of nitrogens with two attached hydrogens (primary N) is 1. The van der Waals surface area contributed by atoms with Crippen LogP contribution in [0.4, 0.5) is 5.69 Å². The molecule has 0 aromatic carbocycles. The number of anilines is 1. The van der Waals surface area contributed by atoms with E-state index in [1.54, 1.807) is 23.7 Å². The number of rotatable bonds is 4. The Labute approximate surface area is 129 Å². The second-order valence-corrected chi connectivity index (χ2v) is 6.74. The predicted octanol–water partition coefficient (Wildman–Crippen LogP) is 2.70. The van der Waals surface area contributed by atoms with E-state index in [1.807, 2.05) is 18.4 Å². The van der Waals surface area contributed by atoms with Gasteiger partial charge in [0.2, 0.25) is 0 Å². The number of hydrogen-bond donors (Lipinski definition) is 2. The van der Waals surface area contributed by atoms with Gasteiger partial charge >= 0.3 is 0 Å². The first-order valence-corrected chi connectivity index (χ1v) is 8.17. The largest absolute Gasteiger partial charge is 0.396 e. The molecule has 108 valence electrons. The quantitative estimate of drug-likeness (QED) is 0.775. The number of hydrogen-bond acceptors (Lipinski definition) is 6. The van der Waals surface area contributed by atoms with E-state index in [0.717, 1.165) is 6.42 Å². The second-order valence-electron chi connectivity index (χ2n) is 4.71. The van der Waals surface area contributed by atoms with Crippen LogP contribution in [0.25, 0.3) is 10.3 Å². The lowest BCUT2D eigenvalue weighted by molar-refractivity contribution is 0.0945. The molecule has 21 heavy (non-hydrogen) atoms. The maximum absolute atomic E-state index is 12.3. The van der Waals surface area contributed by atoms with Crippen molar-refractivity contribution in [2.45, 2.75) is 19.4 Å². The molecule has 3 aromatic heterocycles. The van der Waals surface area contributed by atoms with Crippen molar-refractivity contribution in [3.05, 3.63) is 39.7 Å². The van der Waals surface area contributed by atoms with Gasteiger partial charge in [0, 0.05) is 29.7 Å². The van der Waals surface area contributed by atoms with Crippen LogP contribution in [-0.4, -0.2) is 21.9 Å². The Morgan fingerprint density at radius 1 is 1.43 bits per heavy atom. The van der Waals surface area contributed by atoms with Crippen LogP contribution < -0.4 is 11.1 Å². The first-order valence-electron chi connectivity index (χ1n) is 6.47. The number of aromatic nitrogens is 2. The lowest BCUT2D eigenvalue weighted by Crippen LogP contribution is -2.33. The van der Waals surface area contributed by atoms with Crippen LogP contribution in [-0.2, 0) is 6.42 Å². The molecule has 1 atom stereocenters. The van der Waals surface area contributed by atoms with Gasteiger partial charge in [-0.05, 0) is 18.4 Å². The van der Waals surface area contributed by atoms with E-state index in [-0.39, 0.29) is 11.9 Å². The van der Waals surface area contributed by atoms with Crippen LogP contribution in [0, 0.1) is 0 Å². The van der Waals surface area contributed by atoms with Crippen molar-refractivity contribution in [1.82, 2.24) is 15.3 Å². The van der Waals surface area contributed by atoms with E-state index >= 15 is 0 Å². The fourth-order valence-electron chi connectivity index (χ4n) is 2.08. The maximum atomic E-state index is 12.3. The number of carbonyl (C=O) groups is 1. The average Bonchev–Trinajstić information content (AvgIpc) is 3.07. The van der Waals surface area contributed by atoms with Gasteiger partial charge in [0.05, 0.1) is 5.69 Å². The molecule has 5 nitrogen and oxygen atoms in total. The lowest BCUT2D eigenvalue weighted by atomic mass is 10.2. The Balaban J connectivity index is 1.76. The molecule has 3 heterocycles. The molecule has 1 amide bonds. The van der Waals surface area contributed by atoms with Gasteiger partial charge in [0.15, 0.2) is 0 Å². The van der Waals surface area contributed by atoms with Crippen LogP contribution in [0.1, 0.15) is 21.5 Å². The minimum Gasteiger partial charge on any atom is -0.396 e. The van der Waals surface area contributed by atoms with Crippen LogP contribution in [0.15, 0.2) is 29.9 Å². The summed E-state index contributed by atoms with van der Waals surface area (Å²) < 4.78 is 0. The number of fused-ring (bicyclic) bond motifs is 1. The fourth-order valence-corrected chi connectivity index (χ4v) is 3.84. The van der Waals surface area contributed by atoms with Gasteiger partial charge in [-0.1, -0.05) is 6.07 Å². The van der Waals surface area contributed by atoms with Gasteiger partial charge in [0.25, 0.3) is 5.91 Å². The van der Waals surface area contributed by atoms with Crippen LogP contribution >= 0.6 is 22.7 Å². The summed E-state index contributed by atoms with van der Waals surface area (Å²) >= 11 is 2.96. The number of nitrogens with one attached hydrogen (secondary N) is 1. The summed E-state index contributed by atoms with van der Waals surface area (Å²) in [6.45, 7) is 1.98. The van der Waals surface area contributed by atoms with E-state index in [0.29, 0.717) is 20.9 Å². The summed E-state index contributed by atoms with van der Waals surface area (Å²) in [4.78, 5) is 23.1. The number of nitrogens with zero attached hydrogens (tertiary/aromatic N) is 2. The molecule has 0 fully saturated rings. The molecule has 1 unspecified atom stereocenters. The number of carbonyl (C=O) groups excluding carboxylic acids is 1. The molecular formula is C14H14N4OS2. The van der Waals surface area contributed by atoms with Crippen LogP contribution in [0.5, 0.6) is 0 Å². The zero-order valence-electron chi connectivity index (χ0n) is 11.4. The summed E-state index contributed by atoms with van der Waals surface area (Å²) in [6.07, 6.45) is 3.98. The van der Waals surface area contributed by atoms with Gasteiger partial charge in [-0.15, -0.1) is 22.7 Å². The highest BCUT2D eigenvalue weighted by Crippen LogP contribution is 2.30. The number of nitrogen functional groups attached to an aromatic ring is 1. The van der Waals surface area contributed by atoms with Crippen molar-refractivity contribution in [2.24, 2.45) is 0 Å². The van der Waals surface area contributed by atoms with E-state index in [2.05, 4.69) is 21.4 Å². The fraction of sp³-hybridized carbons (Fsp3) is 0.214. The van der Waals surface area contributed by atoms with Crippen LogP contribution in [0.2, 0.25) is 0 Å². The monoisotopic (exact) mass is 318 g/mol. The summed E-state index contributed by atoms with van der Waals surface area (Å²) in [5, 5.41) is 5.01. The van der Waals surface area contributed by atoms with Crippen LogP contribution in [0.3, 0.4) is 0 Å². The molecule has 0 aliphatic heterocycles. The molecule has 3 N–H and O–H groups in total. The lowest BCUT2D eigenvalue weighted by Gasteiger charge is -2.12. The summed E-state index contributed by atoms with van der Waals surface area (Å²) in [5.41, 5.74) is 7.00. The van der Waals surface area contributed by atoms with Gasteiger partial charge in [0.1, 0.15) is 15.2 Å². The van der Waals surface area contributed by atoms with E-state index in [4.69, 9.17) is 5.73 Å². The molecule has 0 bridgehead atoms. The normalized spacial score (nSPS) is 12.4. The summed E-state index contributed by atoms with van der Waals surface area (Å²) in [5.74, 6) is -0.165. The van der Waals surface area contributed by atoms with Gasteiger partial charge in [-0.3, -0.25) is 4.79 Å². The maximum Gasteiger partial charge on any atom is 0.263 e. The highest BCUT2D eigenvalue weighted by molar-refractivity contribution is 7.21. The molecular weight excluding hydrogens is 304 g/mol. The minimum atomic E-state index is -0.165. The van der Waals surface area contributed by atoms with Crippen molar-refractivity contribution in [1.29, 1.82) is 0 Å². The number of amides is 1. The molecule has 7 heteroatoms. The number of thiophene rings is 2. The van der Waals surface area contributed by atoms with Crippen molar-refractivity contribution in [2.75, 3.05) is 5.73 Å². The molecule has 3 aromatic rings. The Morgan fingerprint density at radius 3 is 2.95 bits per heavy atom. The molecule has 0 aliphatic rings. The molecule has 0 saturated carbocycles. The third-order valence-corrected chi connectivity index (χ3v) is 5.03. The van der Waals surface area contributed by atoms with Crippen molar-refractivity contribution < 1.29 is 4.79 Å². The first kappa shape index (κ1) is 14.0. The Bertz CT molecular complexity index is 766. The highest BCUT2D eigenvalue weighted by Gasteiger charge is 2.19. The van der Waals surface area contributed by atoms with E-state index in [9.17, 15) is 4.79 Å². The van der Waals surface area contributed by atoms with Gasteiger partial charge in [-0.2, -0.15) is 0 Å². The van der Waals surface area contributed by atoms with Crippen molar-refractivity contribution in [3.8, 4) is 0 Å². The Morgan fingerprint density at radius 2 is 2.24 bits per heavy atom. The SMILES string of the molecule is CC(Cc1cccs1)NC(=O)c1sc2nccnc2c1N. The standard InChI is InChI=1S/C14H14N4OS2/c1-8(7-9-3-2-6-20-9)18-13(19)12-10(15)11-14(21-12)17-5-4-16-11/h2-6,8H,7,15H2,1H3,(H,18,19). The predicted molar refractivity (Wildman–Crippen MR) is 86.8 cm³/mol. The van der Waals surface area contributed by atoms with Gasteiger partial charge < -0.3 is 11.1 Å². The second kappa shape index (κ2) is 5.79. The third kappa shape index (κ3) is 2.88. The Kier molecular flexibility index (Phi) is 3.85. The Hall–Kier alpha value is -1.99. The first-order chi connectivity index (χ1) is 10.1. The van der Waals surface area contributed by atoms with Crippen molar-refractivity contribution in [3.63, 3.8) is 0 Å². The molecule has 3 rings (SSSR count). The van der Waals surface area contributed by atoms with E-state index in [1.165, 1.54) is 16.2 Å². The third-order valence-electron chi connectivity index (χ3n) is 3.03. The van der Waals surface area contributed by atoms with E-state index < -0.39 is 0 Å². The highest BCUT2D eigenvalue weighted by atomic mass is 32.1. The van der Waals surface area contributed by atoms with Gasteiger partial charge in [-0.25, -0.2) is 9.97 Å². The average molecular weight is 318 g/mol. The molecule has 0 saturated heterocycles. The summed E-state index contributed by atoms with van der Waals surface area (Å²) in [6, 6.07) is 4.12.